The molecule has 0 radical (unpaired) electrons. The van der Waals surface area contributed by atoms with E-state index < -0.39 is 0 Å². The number of rotatable bonds is 3. The van der Waals surface area contributed by atoms with Gasteiger partial charge in [0.2, 0.25) is 0 Å². The molecule has 0 aromatic rings. The van der Waals surface area contributed by atoms with Crippen molar-refractivity contribution in [2.75, 3.05) is 19.6 Å². The largest absolute Gasteiger partial charge is 0.310 e. The summed E-state index contributed by atoms with van der Waals surface area (Å²) in [5.74, 6) is 1.00. The Kier molecular flexibility index (Phi) is 4.19. The third kappa shape index (κ3) is 3.16. The summed E-state index contributed by atoms with van der Waals surface area (Å²) < 4.78 is 0. The van der Waals surface area contributed by atoms with Crippen molar-refractivity contribution in [2.24, 2.45) is 11.3 Å². The van der Waals surface area contributed by atoms with E-state index in [-0.39, 0.29) is 0 Å². The van der Waals surface area contributed by atoms with E-state index in [1.54, 1.807) is 0 Å². The van der Waals surface area contributed by atoms with Crippen LogP contribution in [0.15, 0.2) is 0 Å². The van der Waals surface area contributed by atoms with E-state index >= 15 is 0 Å². The van der Waals surface area contributed by atoms with Crippen LogP contribution in [0.2, 0.25) is 0 Å². The molecule has 110 valence electrons. The molecule has 3 unspecified atom stereocenters. The minimum absolute atomic E-state index is 0.633. The molecular weight excluding hydrogens is 232 g/mol. The normalized spacial score (nSPS) is 39.2. The molecule has 3 aliphatic rings. The molecule has 0 aromatic heterocycles. The van der Waals surface area contributed by atoms with Gasteiger partial charge in [0.15, 0.2) is 0 Å². The highest BCUT2D eigenvalue weighted by molar-refractivity contribution is 4.94. The number of piperidine rings is 1. The van der Waals surface area contributed by atoms with Gasteiger partial charge in [0.25, 0.3) is 0 Å². The van der Waals surface area contributed by atoms with Crippen LogP contribution in [0.1, 0.15) is 65.2 Å². The Morgan fingerprint density at radius 2 is 1.89 bits per heavy atom. The third-order valence-corrected chi connectivity index (χ3v) is 6.34. The first kappa shape index (κ1) is 13.9. The molecule has 2 heteroatoms. The summed E-state index contributed by atoms with van der Waals surface area (Å²) in [6, 6.07) is 1.66. The van der Waals surface area contributed by atoms with Crippen LogP contribution in [0.4, 0.5) is 0 Å². The van der Waals surface area contributed by atoms with Gasteiger partial charge < -0.3 is 10.2 Å². The maximum Gasteiger partial charge on any atom is 0.0200 e. The van der Waals surface area contributed by atoms with Crippen molar-refractivity contribution in [1.82, 2.24) is 10.2 Å². The number of likely N-dealkylation sites (tertiary alicyclic amines) is 1. The SMILES string of the molecule is CCC1(C)CCN(CC2CC3CCCCC3N2)CC1. The lowest BCUT2D eigenvalue weighted by molar-refractivity contribution is 0.107. The molecular formula is C17H32N2. The lowest BCUT2D eigenvalue weighted by Gasteiger charge is -2.39. The van der Waals surface area contributed by atoms with Gasteiger partial charge in [-0.15, -0.1) is 0 Å². The van der Waals surface area contributed by atoms with Crippen LogP contribution in [-0.4, -0.2) is 36.6 Å². The lowest BCUT2D eigenvalue weighted by atomic mass is 9.78. The molecule has 2 saturated heterocycles. The molecule has 3 fully saturated rings. The first-order valence-corrected chi connectivity index (χ1v) is 8.67. The smallest absolute Gasteiger partial charge is 0.0200 e. The highest BCUT2D eigenvalue weighted by Crippen LogP contribution is 2.36. The van der Waals surface area contributed by atoms with Gasteiger partial charge >= 0.3 is 0 Å². The Balaban J connectivity index is 1.45. The summed E-state index contributed by atoms with van der Waals surface area (Å²) in [6.07, 6.45) is 11.5. The van der Waals surface area contributed by atoms with Gasteiger partial charge in [0.05, 0.1) is 0 Å². The highest BCUT2D eigenvalue weighted by atomic mass is 15.2. The fourth-order valence-electron chi connectivity index (χ4n) is 4.51. The van der Waals surface area contributed by atoms with Crippen molar-refractivity contribution < 1.29 is 0 Å². The van der Waals surface area contributed by atoms with Gasteiger partial charge in [0.1, 0.15) is 0 Å². The molecule has 2 heterocycles. The predicted molar refractivity (Wildman–Crippen MR) is 81.4 cm³/mol. The summed E-state index contributed by atoms with van der Waals surface area (Å²) in [5.41, 5.74) is 0.633. The standard InChI is InChI=1S/C17H32N2/c1-3-17(2)8-10-19(11-9-17)13-15-12-14-6-4-5-7-16(14)18-15/h14-16,18H,3-13H2,1-2H3. The van der Waals surface area contributed by atoms with Gasteiger partial charge in [-0.25, -0.2) is 0 Å². The second-order valence-corrected chi connectivity index (χ2v) is 7.72. The van der Waals surface area contributed by atoms with Crippen LogP contribution in [0.25, 0.3) is 0 Å². The van der Waals surface area contributed by atoms with E-state index in [0.29, 0.717) is 5.41 Å². The van der Waals surface area contributed by atoms with Crippen LogP contribution in [0.5, 0.6) is 0 Å². The van der Waals surface area contributed by atoms with E-state index in [0.717, 1.165) is 18.0 Å². The number of fused-ring (bicyclic) bond motifs is 1. The molecule has 0 bridgehead atoms. The monoisotopic (exact) mass is 264 g/mol. The first-order chi connectivity index (χ1) is 9.18. The average molecular weight is 264 g/mol. The Labute approximate surface area is 119 Å². The molecule has 3 rings (SSSR count). The summed E-state index contributed by atoms with van der Waals surface area (Å²) >= 11 is 0. The Morgan fingerprint density at radius 3 is 2.58 bits per heavy atom. The molecule has 2 nitrogen and oxygen atoms in total. The van der Waals surface area contributed by atoms with Crippen LogP contribution in [-0.2, 0) is 0 Å². The fraction of sp³-hybridized carbons (Fsp3) is 1.00. The van der Waals surface area contributed by atoms with Gasteiger partial charge in [-0.2, -0.15) is 0 Å². The van der Waals surface area contributed by atoms with E-state index in [2.05, 4.69) is 24.1 Å². The highest BCUT2D eigenvalue weighted by Gasteiger charge is 2.36. The maximum atomic E-state index is 3.93. The van der Waals surface area contributed by atoms with Crippen molar-refractivity contribution in [3.63, 3.8) is 0 Å². The Hall–Kier alpha value is -0.0800. The van der Waals surface area contributed by atoms with Crippen LogP contribution in [0.3, 0.4) is 0 Å². The van der Waals surface area contributed by atoms with Gasteiger partial charge in [-0.3, -0.25) is 0 Å². The minimum Gasteiger partial charge on any atom is -0.310 e. The summed E-state index contributed by atoms with van der Waals surface area (Å²) in [5, 5.41) is 3.93. The molecule has 3 atom stereocenters. The van der Waals surface area contributed by atoms with E-state index in [1.807, 2.05) is 0 Å². The van der Waals surface area contributed by atoms with Crippen molar-refractivity contribution in [1.29, 1.82) is 0 Å². The molecule has 1 N–H and O–H groups in total. The molecule has 19 heavy (non-hydrogen) atoms. The third-order valence-electron chi connectivity index (χ3n) is 6.34. The number of nitrogens with zero attached hydrogens (tertiary/aromatic N) is 1. The average Bonchev–Trinajstić information content (AvgIpc) is 2.84. The Morgan fingerprint density at radius 1 is 1.16 bits per heavy atom. The zero-order chi connectivity index (χ0) is 13.3. The van der Waals surface area contributed by atoms with Crippen LogP contribution in [0, 0.1) is 11.3 Å². The molecule has 0 amide bonds. The Bertz CT molecular complexity index is 280. The molecule has 0 spiro atoms. The summed E-state index contributed by atoms with van der Waals surface area (Å²) in [6.45, 7) is 8.81. The lowest BCUT2D eigenvalue weighted by Crippen LogP contribution is -2.45. The number of nitrogens with one attached hydrogen (secondary N) is 1. The zero-order valence-electron chi connectivity index (χ0n) is 13.0. The maximum absolute atomic E-state index is 3.93. The van der Waals surface area contributed by atoms with Crippen molar-refractivity contribution >= 4 is 0 Å². The van der Waals surface area contributed by atoms with Gasteiger partial charge in [0, 0.05) is 18.6 Å². The second-order valence-electron chi connectivity index (χ2n) is 7.72. The van der Waals surface area contributed by atoms with Gasteiger partial charge in [-0.1, -0.05) is 33.1 Å². The molecule has 1 aliphatic carbocycles. The van der Waals surface area contributed by atoms with E-state index in [4.69, 9.17) is 0 Å². The topological polar surface area (TPSA) is 15.3 Å². The van der Waals surface area contributed by atoms with Crippen LogP contribution >= 0.6 is 0 Å². The van der Waals surface area contributed by atoms with Crippen molar-refractivity contribution in [3.8, 4) is 0 Å². The molecule has 1 saturated carbocycles. The molecule has 2 aliphatic heterocycles. The number of hydrogen-bond donors (Lipinski definition) is 1. The first-order valence-electron chi connectivity index (χ1n) is 8.67. The molecule has 0 aromatic carbocycles. The van der Waals surface area contributed by atoms with Crippen LogP contribution < -0.4 is 5.32 Å². The van der Waals surface area contributed by atoms with Crippen molar-refractivity contribution in [2.45, 2.75) is 77.3 Å². The summed E-state index contributed by atoms with van der Waals surface area (Å²) in [7, 11) is 0. The predicted octanol–water partition coefficient (Wildman–Crippen LogP) is 3.42. The minimum atomic E-state index is 0.633. The second kappa shape index (κ2) is 5.73. The fourth-order valence-corrected chi connectivity index (χ4v) is 4.51. The van der Waals surface area contributed by atoms with Crippen molar-refractivity contribution in [3.05, 3.63) is 0 Å². The van der Waals surface area contributed by atoms with E-state index in [9.17, 15) is 0 Å². The van der Waals surface area contributed by atoms with E-state index in [1.165, 1.54) is 71.0 Å². The van der Waals surface area contributed by atoms with Gasteiger partial charge in [-0.05, 0) is 56.5 Å². The zero-order valence-corrected chi connectivity index (χ0v) is 13.0. The summed E-state index contributed by atoms with van der Waals surface area (Å²) in [4.78, 5) is 2.73. The number of hydrogen-bond acceptors (Lipinski definition) is 2. The quantitative estimate of drug-likeness (QED) is 0.840.